The lowest BCUT2D eigenvalue weighted by molar-refractivity contribution is -0.250. The molecular weight excluding hydrogens is 805 g/mol. The molecule has 1 aliphatic heterocycles. The van der Waals surface area contributed by atoms with Crippen molar-refractivity contribution in [2.24, 2.45) is 62.6 Å². The van der Waals surface area contributed by atoms with Crippen molar-refractivity contribution >= 4 is 32.5 Å². The molecule has 6 fully saturated rings. The lowest BCUT2D eigenvalue weighted by Gasteiger charge is -2.73. The second kappa shape index (κ2) is 19.6. The molecule has 0 unspecified atom stereocenters. The molecule has 0 radical (unpaired) electrons. The summed E-state index contributed by atoms with van der Waals surface area (Å²) in [5, 5.41) is 0. The number of nitrogens with zero attached hydrogens (tertiary/aromatic N) is 2. The minimum atomic E-state index is -4.67. The number of fused-ring (bicyclic) bond motifs is 7. The number of sulfonamides is 1. The third-order valence-electron chi connectivity index (χ3n) is 17.7. The van der Waals surface area contributed by atoms with E-state index in [0.29, 0.717) is 58.9 Å². The summed E-state index contributed by atoms with van der Waals surface area (Å²) in [7, 11) is -7.73. The molecule has 0 spiro atoms. The molecule has 2 N–H and O–H groups in total. The number of rotatable bonds is 12. The van der Waals surface area contributed by atoms with Crippen molar-refractivity contribution in [1.29, 1.82) is 0 Å². The maximum absolute atomic E-state index is 12.9. The van der Waals surface area contributed by atoms with Crippen molar-refractivity contribution in [1.82, 2.24) is 9.21 Å². The van der Waals surface area contributed by atoms with Gasteiger partial charge in [0.25, 0.3) is 0 Å². The van der Waals surface area contributed by atoms with E-state index in [-0.39, 0.29) is 23.6 Å². The summed E-state index contributed by atoms with van der Waals surface area (Å²) in [6.07, 6.45) is 21.8. The summed E-state index contributed by atoms with van der Waals surface area (Å²) < 4.78 is 63.3. The summed E-state index contributed by atoms with van der Waals surface area (Å²) in [4.78, 5) is 31.6. The van der Waals surface area contributed by atoms with Crippen LogP contribution in [0.15, 0.2) is 12.2 Å². The lowest BCUT2D eigenvalue weighted by atomic mass is 9.32. The summed E-state index contributed by atoms with van der Waals surface area (Å²) in [5.41, 5.74) is 2.94. The second-order valence-electron chi connectivity index (χ2n) is 21.7. The maximum Gasteiger partial charge on any atom is 0.394 e. The summed E-state index contributed by atoms with van der Waals surface area (Å²) >= 11 is 0. The van der Waals surface area contributed by atoms with Gasteiger partial charge in [0.1, 0.15) is 6.10 Å². The zero-order valence-electron chi connectivity index (χ0n) is 38.5. The van der Waals surface area contributed by atoms with Gasteiger partial charge in [-0.2, -0.15) is 22.3 Å². The zero-order valence-corrected chi connectivity index (χ0v) is 40.1. The molecule has 0 bridgehead atoms. The van der Waals surface area contributed by atoms with Crippen LogP contribution in [0.4, 0.5) is 0 Å². The smallest absolute Gasteiger partial charge is 0.394 e. The summed E-state index contributed by atoms with van der Waals surface area (Å²) in [5.74, 6) is 3.92. The van der Waals surface area contributed by atoms with Gasteiger partial charge in [-0.15, -0.1) is 0 Å². The van der Waals surface area contributed by atoms with E-state index in [1.807, 2.05) is 0 Å². The number of esters is 1. The predicted octanol–water partition coefficient (Wildman–Crippen LogP) is 8.89. The van der Waals surface area contributed by atoms with Crippen LogP contribution in [0.5, 0.6) is 0 Å². The van der Waals surface area contributed by atoms with Crippen molar-refractivity contribution < 1.29 is 45.1 Å². The Morgan fingerprint density at radius 3 is 1.97 bits per heavy atom. The van der Waals surface area contributed by atoms with E-state index in [1.54, 1.807) is 4.31 Å². The van der Waals surface area contributed by atoms with Crippen molar-refractivity contribution in [3.05, 3.63) is 12.2 Å². The van der Waals surface area contributed by atoms with Crippen LogP contribution >= 0.6 is 0 Å². The molecule has 1 heterocycles. The van der Waals surface area contributed by atoms with Crippen LogP contribution in [0.25, 0.3) is 0 Å². The largest absolute Gasteiger partial charge is 0.462 e. The normalized spacial score (nSPS) is 37.7. The van der Waals surface area contributed by atoms with Gasteiger partial charge in [0.2, 0.25) is 10.0 Å². The number of piperazine rings is 1. The molecule has 346 valence electrons. The van der Waals surface area contributed by atoms with Gasteiger partial charge in [-0.3, -0.25) is 13.9 Å². The lowest BCUT2D eigenvalue weighted by Crippen LogP contribution is -2.66. The molecule has 5 aliphatic carbocycles. The van der Waals surface area contributed by atoms with E-state index in [2.05, 4.69) is 66.9 Å². The van der Waals surface area contributed by atoms with E-state index in [9.17, 15) is 13.2 Å². The Morgan fingerprint density at radius 2 is 1.40 bits per heavy atom. The fourth-order valence-corrected chi connectivity index (χ4v) is 15.7. The number of ether oxygens (including phenoxy) is 1. The average molecular weight is 885 g/mol. The molecule has 6 rings (SSSR count). The number of hydrogen-bond donors (Lipinski definition) is 2. The third-order valence-corrected chi connectivity index (χ3v) is 19.0. The molecule has 0 aromatic carbocycles. The molecule has 5 saturated carbocycles. The number of unbranched alkanes of at least 4 members (excludes halogenated alkanes) is 3. The minimum absolute atomic E-state index is 0.00177. The standard InChI is InChI=1S/C45H78N2O4S.CO2.H2O4S/c1-32(2)31-39(48)51-38-19-21-42(7)36(41(38,5)6)18-22-44(9)37(42)16-15-35-40-34(33(3)4)17-23-45(40,25-24-43(35,44)8)20-13-11-12-14-26-46-27-29-47(30-28-46)52(10,49)50;2-1-3;1-5(2,3)4/h32,34-38,40H,3,11-31H2,1-2,4-10H3;;(H2,1,2,3,4)/t34-,35+,36-,37+,38-,40+,42-,43+,44+,45+;;/m0../s1. The Morgan fingerprint density at radius 1 is 0.800 bits per heavy atom. The Balaban J connectivity index is 0.000000911. The molecule has 60 heavy (non-hydrogen) atoms. The van der Waals surface area contributed by atoms with E-state index in [0.717, 1.165) is 43.8 Å². The van der Waals surface area contributed by atoms with Crippen LogP contribution in [0, 0.1) is 62.6 Å². The van der Waals surface area contributed by atoms with Crippen molar-refractivity contribution in [3.8, 4) is 0 Å². The molecule has 10 atom stereocenters. The highest BCUT2D eigenvalue weighted by Crippen LogP contribution is 2.78. The fourth-order valence-electron chi connectivity index (χ4n) is 14.9. The summed E-state index contributed by atoms with van der Waals surface area (Å²) in [6, 6.07) is 0. The van der Waals surface area contributed by atoms with E-state index in [4.69, 9.17) is 31.8 Å². The Hall–Kier alpha value is -1.67. The molecule has 12 nitrogen and oxygen atoms in total. The Kier molecular flexibility index (Phi) is 16.7. The summed E-state index contributed by atoms with van der Waals surface area (Å²) in [6.45, 7) is 28.4. The molecule has 1 saturated heterocycles. The van der Waals surface area contributed by atoms with Crippen LogP contribution in [-0.2, 0) is 39.5 Å². The van der Waals surface area contributed by atoms with Crippen LogP contribution in [0.3, 0.4) is 0 Å². The van der Waals surface area contributed by atoms with Crippen LogP contribution < -0.4 is 0 Å². The zero-order chi connectivity index (χ0) is 45.1. The first-order valence-corrected chi connectivity index (χ1v) is 26.2. The SMILES string of the molecule is C=C(C)[C@@H]1CC[C@]2(CCCCCCN3CCN(S(C)(=O)=O)CC3)CC[C@]3(C)[C@H](CC[C@@H]4[C@@]5(C)CC[C@H](OC(=O)CC(C)C)C(C)(C)[C@@H]5CC[C@]43C)[C@@H]12.O=C=O.O=S(=O)(O)O. The minimum Gasteiger partial charge on any atom is -0.462 e. The Labute approximate surface area is 363 Å². The van der Waals surface area contributed by atoms with Crippen molar-refractivity contribution in [3.63, 3.8) is 0 Å². The molecule has 0 aromatic heterocycles. The number of carbonyl (C=O) groups is 1. The topological polar surface area (TPSA) is 176 Å². The quantitative estimate of drug-likeness (QED) is 0.0829. The fraction of sp³-hybridized carbons (Fsp3) is 0.913. The van der Waals surface area contributed by atoms with Crippen LogP contribution in [-0.4, -0.2) is 92.4 Å². The first kappa shape index (κ1) is 51.0. The van der Waals surface area contributed by atoms with Crippen molar-refractivity contribution in [2.45, 2.75) is 164 Å². The number of allylic oxidation sites excluding steroid dienone is 1. The van der Waals surface area contributed by atoms with Gasteiger partial charge in [0.15, 0.2) is 0 Å². The number of hydrogen-bond acceptors (Lipinski definition) is 9. The molecule has 6 aliphatic rings. The highest BCUT2D eigenvalue weighted by molar-refractivity contribution is 7.88. The highest BCUT2D eigenvalue weighted by atomic mass is 32.3. The van der Waals surface area contributed by atoms with Gasteiger partial charge in [-0.05, 0) is 148 Å². The number of carbonyl (C=O) groups excluding carboxylic acids is 3. The van der Waals surface area contributed by atoms with Gasteiger partial charge >= 0.3 is 22.5 Å². The first-order valence-electron chi connectivity index (χ1n) is 22.9. The second-order valence-corrected chi connectivity index (χ2v) is 24.6. The molecule has 14 heteroatoms. The highest BCUT2D eigenvalue weighted by Gasteiger charge is 2.71. The van der Waals surface area contributed by atoms with Gasteiger partial charge in [-0.1, -0.05) is 79.9 Å². The van der Waals surface area contributed by atoms with Crippen molar-refractivity contribution in [2.75, 3.05) is 39.0 Å². The molecule has 0 amide bonds. The van der Waals surface area contributed by atoms with E-state index < -0.39 is 20.4 Å². The maximum atomic E-state index is 12.9. The first-order chi connectivity index (χ1) is 27.7. The van der Waals surface area contributed by atoms with Gasteiger partial charge < -0.3 is 9.64 Å². The van der Waals surface area contributed by atoms with E-state index in [1.165, 1.54) is 102 Å². The average Bonchev–Trinajstić information content (AvgIpc) is 3.51. The van der Waals surface area contributed by atoms with Gasteiger partial charge in [0, 0.05) is 38.0 Å². The molecule has 0 aromatic rings. The van der Waals surface area contributed by atoms with Gasteiger partial charge in [-0.25, -0.2) is 8.42 Å². The predicted molar refractivity (Wildman–Crippen MR) is 233 cm³/mol. The Bertz CT molecular complexity index is 1750. The van der Waals surface area contributed by atoms with Crippen LogP contribution in [0.2, 0.25) is 0 Å². The monoisotopic (exact) mass is 885 g/mol. The third kappa shape index (κ3) is 11.0. The van der Waals surface area contributed by atoms with Crippen LogP contribution in [0.1, 0.15) is 158 Å². The van der Waals surface area contributed by atoms with Gasteiger partial charge in [0.05, 0.1) is 6.26 Å². The van der Waals surface area contributed by atoms with E-state index >= 15 is 0 Å². The molecular formula is C46H80N2O10S2.